The number of para-hydroxylation sites is 3. The molecule has 0 saturated carbocycles. The fourth-order valence-corrected chi connectivity index (χ4v) is 9.14. The summed E-state index contributed by atoms with van der Waals surface area (Å²) in [5.41, 5.74) is 15.8. The molecule has 0 aromatic heterocycles. The molecule has 0 aliphatic heterocycles. The van der Waals surface area contributed by atoms with E-state index in [9.17, 15) is 0 Å². The highest BCUT2D eigenvalue weighted by Crippen LogP contribution is 2.59. The van der Waals surface area contributed by atoms with E-state index in [-0.39, 0.29) is 10.8 Å². The van der Waals surface area contributed by atoms with Gasteiger partial charge in [0, 0.05) is 45.5 Å². The van der Waals surface area contributed by atoms with Gasteiger partial charge in [-0.2, -0.15) is 0 Å². The molecular formula is C48H44N2. The van der Waals surface area contributed by atoms with E-state index in [4.69, 9.17) is 0 Å². The molecule has 0 amide bonds. The Morgan fingerprint density at radius 3 is 1.84 bits per heavy atom. The lowest BCUT2D eigenvalue weighted by Gasteiger charge is -2.36. The second-order valence-corrected chi connectivity index (χ2v) is 15.4. The molecule has 0 fully saturated rings. The van der Waals surface area contributed by atoms with Crippen LogP contribution in [0.3, 0.4) is 0 Å². The number of fused-ring (bicyclic) bond motifs is 6. The molecule has 0 radical (unpaired) electrons. The molecule has 4 aliphatic carbocycles. The molecule has 0 heterocycles. The topological polar surface area (TPSA) is 6.48 Å². The van der Waals surface area contributed by atoms with Gasteiger partial charge in [-0.3, -0.25) is 0 Å². The summed E-state index contributed by atoms with van der Waals surface area (Å²) in [5, 5.41) is 0. The van der Waals surface area contributed by atoms with Crippen LogP contribution in [0.4, 0.5) is 22.7 Å². The average Bonchev–Trinajstić information content (AvgIpc) is 3.51. The van der Waals surface area contributed by atoms with E-state index in [0.29, 0.717) is 11.8 Å². The molecule has 2 atom stereocenters. The number of hydrogen-bond donors (Lipinski definition) is 0. The molecule has 2 nitrogen and oxygen atoms in total. The Morgan fingerprint density at radius 2 is 1.22 bits per heavy atom. The molecule has 9 rings (SSSR count). The van der Waals surface area contributed by atoms with Crippen LogP contribution >= 0.6 is 0 Å². The lowest BCUT2D eigenvalue weighted by molar-refractivity contribution is 0.392. The van der Waals surface area contributed by atoms with Crippen LogP contribution in [0, 0.1) is 5.92 Å². The van der Waals surface area contributed by atoms with Gasteiger partial charge in [-0.05, 0) is 124 Å². The normalized spacial score (nSPS) is 20.2. The Kier molecular flexibility index (Phi) is 7.14. The molecular weight excluding hydrogens is 605 g/mol. The quantitative estimate of drug-likeness (QED) is 0.181. The SMILES string of the molecule is CC1(C)c2cc(N(c3ccccc3)c3ccccc3)ccc2-c2cc3c(cc21)C1C=CC(N(C2=CC=CCC2)c2ccccc2)=CC1C3(C)C. The maximum absolute atomic E-state index is 2.58. The smallest absolute Gasteiger partial charge is 0.0465 e. The fraction of sp³-hybridized carbons (Fsp3) is 0.208. The molecule has 0 N–H and O–H groups in total. The third-order valence-electron chi connectivity index (χ3n) is 11.8. The van der Waals surface area contributed by atoms with E-state index >= 15 is 0 Å². The summed E-state index contributed by atoms with van der Waals surface area (Å²) in [4.78, 5) is 4.86. The molecule has 5 aromatic carbocycles. The number of allylic oxidation sites excluding steroid dienone is 7. The third kappa shape index (κ3) is 4.76. The highest BCUT2D eigenvalue weighted by molar-refractivity contribution is 5.86. The number of hydrogen-bond acceptors (Lipinski definition) is 2. The Balaban J connectivity index is 1.12. The first-order valence-corrected chi connectivity index (χ1v) is 18.2. The summed E-state index contributed by atoms with van der Waals surface area (Å²) < 4.78 is 0. The Labute approximate surface area is 297 Å². The van der Waals surface area contributed by atoms with E-state index in [1.54, 1.807) is 0 Å². The minimum atomic E-state index is -0.124. The Bertz CT molecular complexity index is 2180. The first-order valence-electron chi connectivity index (χ1n) is 18.2. The van der Waals surface area contributed by atoms with Crippen molar-refractivity contribution in [3.05, 3.63) is 191 Å². The van der Waals surface area contributed by atoms with Crippen molar-refractivity contribution in [3.8, 4) is 11.1 Å². The minimum Gasteiger partial charge on any atom is -0.315 e. The van der Waals surface area contributed by atoms with Gasteiger partial charge in [0.05, 0.1) is 0 Å². The van der Waals surface area contributed by atoms with Crippen molar-refractivity contribution in [2.45, 2.75) is 57.3 Å². The van der Waals surface area contributed by atoms with E-state index < -0.39 is 0 Å². The molecule has 246 valence electrons. The van der Waals surface area contributed by atoms with Crippen molar-refractivity contribution >= 4 is 22.7 Å². The molecule has 0 saturated heterocycles. The molecule has 50 heavy (non-hydrogen) atoms. The molecule has 5 aromatic rings. The maximum atomic E-state index is 2.58. The molecule has 4 aliphatic rings. The summed E-state index contributed by atoms with van der Waals surface area (Å²) >= 11 is 0. The zero-order valence-corrected chi connectivity index (χ0v) is 29.5. The van der Waals surface area contributed by atoms with Gasteiger partial charge in [0.1, 0.15) is 0 Å². The van der Waals surface area contributed by atoms with Crippen molar-refractivity contribution < 1.29 is 0 Å². The van der Waals surface area contributed by atoms with Crippen LogP contribution in [-0.2, 0) is 10.8 Å². The molecule has 2 heteroatoms. The largest absolute Gasteiger partial charge is 0.315 e. The minimum absolute atomic E-state index is 0.0154. The van der Waals surface area contributed by atoms with Gasteiger partial charge in [0.15, 0.2) is 0 Å². The Morgan fingerprint density at radius 1 is 0.600 bits per heavy atom. The monoisotopic (exact) mass is 648 g/mol. The summed E-state index contributed by atoms with van der Waals surface area (Å²) in [7, 11) is 0. The van der Waals surface area contributed by atoms with Gasteiger partial charge in [-0.1, -0.05) is 119 Å². The van der Waals surface area contributed by atoms with E-state index in [2.05, 4.69) is 195 Å². The summed E-state index contributed by atoms with van der Waals surface area (Å²) in [6, 6.07) is 44.6. The van der Waals surface area contributed by atoms with Crippen LogP contribution in [0.2, 0.25) is 0 Å². The van der Waals surface area contributed by atoms with Crippen LogP contribution in [0.25, 0.3) is 11.1 Å². The maximum Gasteiger partial charge on any atom is 0.0465 e. The standard InChI is InChI=1S/C48H44N2/c1-47(2)43-29-37(49(33-17-9-5-10-18-33)34-19-11-6-12-20-34)25-27-39(43)41-32-46-42(31-45(41)47)40-28-26-38(30-44(40)48(46,3)4)50(35-21-13-7-14-22-35)36-23-15-8-16-24-36/h5-15,17-23,25-32,40,44H,16,24H2,1-4H3. The third-order valence-corrected chi connectivity index (χ3v) is 11.8. The number of benzene rings is 5. The summed E-state index contributed by atoms with van der Waals surface area (Å²) in [6.07, 6.45) is 16.4. The number of nitrogens with zero attached hydrogens (tertiary/aromatic N) is 2. The molecule has 2 unspecified atom stereocenters. The zero-order chi connectivity index (χ0) is 34.0. The highest BCUT2D eigenvalue weighted by atomic mass is 15.2. The molecule has 0 spiro atoms. The van der Waals surface area contributed by atoms with E-state index in [0.717, 1.165) is 24.2 Å². The van der Waals surface area contributed by atoms with Crippen molar-refractivity contribution in [1.29, 1.82) is 0 Å². The van der Waals surface area contributed by atoms with Crippen LogP contribution in [0.5, 0.6) is 0 Å². The first kappa shape index (κ1) is 30.7. The number of rotatable bonds is 6. The van der Waals surface area contributed by atoms with E-state index in [1.165, 1.54) is 56.1 Å². The number of anilines is 4. The predicted molar refractivity (Wildman–Crippen MR) is 211 cm³/mol. The second kappa shape index (κ2) is 11.6. The van der Waals surface area contributed by atoms with Crippen LogP contribution in [-0.4, -0.2) is 0 Å². The van der Waals surface area contributed by atoms with Gasteiger partial charge in [0.2, 0.25) is 0 Å². The van der Waals surface area contributed by atoms with Crippen molar-refractivity contribution in [3.63, 3.8) is 0 Å². The fourth-order valence-electron chi connectivity index (χ4n) is 9.14. The highest BCUT2D eigenvalue weighted by Gasteiger charge is 2.48. The zero-order valence-electron chi connectivity index (χ0n) is 29.5. The molecule has 0 bridgehead atoms. The van der Waals surface area contributed by atoms with Gasteiger partial charge >= 0.3 is 0 Å². The predicted octanol–water partition coefficient (Wildman–Crippen LogP) is 12.6. The second-order valence-electron chi connectivity index (χ2n) is 15.4. The van der Waals surface area contributed by atoms with Gasteiger partial charge in [-0.15, -0.1) is 0 Å². The van der Waals surface area contributed by atoms with E-state index in [1.807, 2.05) is 0 Å². The van der Waals surface area contributed by atoms with Crippen LogP contribution in [0.1, 0.15) is 68.7 Å². The Hall–Kier alpha value is -5.34. The van der Waals surface area contributed by atoms with Gasteiger partial charge in [0.25, 0.3) is 0 Å². The van der Waals surface area contributed by atoms with Gasteiger partial charge < -0.3 is 9.80 Å². The summed E-state index contributed by atoms with van der Waals surface area (Å²) in [6.45, 7) is 9.76. The van der Waals surface area contributed by atoms with Crippen molar-refractivity contribution in [2.75, 3.05) is 9.80 Å². The van der Waals surface area contributed by atoms with Crippen molar-refractivity contribution in [2.24, 2.45) is 5.92 Å². The van der Waals surface area contributed by atoms with Crippen molar-refractivity contribution in [1.82, 2.24) is 0 Å². The first-order chi connectivity index (χ1) is 24.3. The van der Waals surface area contributed by atoms with Gasteiger partial charge in [-0.25, -0.2) is 0 Å². The summed E-state index contributed by atoms with van der Waals surface area (Å²) in [5.74, 6) is 0.731. The average molecular weight is 649 g/mol. The lowest BCUT2D eigenvalue weighted by Crippen LogP contribution is -2.29. The van der Waals surface area contributed by atoms with Crippen LogP contribution in [0.15, 0.2) is 169 Å². The van der Waals surface area contributed by atoms with Crippen LogP contribution < -0.4 is 9.80 Å². The lowest BCUT2D eigenvalue weighted by atomic mass is 9.73.